The van der Waals surface area contributed by atoms with Crippen LogP contribution in [0.3, 0.4) is 0 Å². The van der Waals surface area contributed by atoms with Gasteiger partial charge in [0.2, 0.25) is 5.91 Å². The first kappa shape index (κ1) is 18.8. The molecule has 2 N–H and O–H groups in total. The van der Waals surface area contributed by atoms with Gasteiger partial charge >= 0.3 is 0 Å². The molecule has 0 aliphatic carbocycles. The Balaban J connectivity index is 0.00000242. The lowest BCUT2D eigenvalue weighted by molar-refractivity contribution is -0.125. The Kier molecular flexibility index (Phi) is 8.28. The van der Waals surface area contributed by atoms with Crippen LogP contribution < -0.4 is 15.4 Å². The summed E-state index contributed by atoms with van der Waals surface area (Å²) in [4.78, 5) is 11.9. The molecule has 2 rings (SSSR count). The average molecular weight is 327 g/mol. The van der Waals surface area contributed by atoms with Gasteiger partial charge in [0, 0.05) is 6.54 Å². The highest BCUT2D eigenvalue weighted by atomic mass is 35.5. The zero-order chi connectivity index (χ0) is 15.1. The molecule has 0 aromatic heterocycles. The largest absolute Gasteiger partial charge is 0.492 e. The van der Waals surface area contributed by atoms with Crippen LogP contribution in [0.25, 0.3) is 0 Å². The number of carbonyl (C=O) groups is 1. The Morgan fingerprint density at radius 3 is 2.68 bits per heavy atom. The molecule has 4 nitrogen and oxygen atoms in total. The number of carbonyl (C=O) groups excluding carboxylic acids is 1. The van der Waals surface area contributed by atoms with Crippen molar-refractivity contribution in [2.75, 3.05) is 26.2 Å². The molecule has 1 aromatic rings. The van der Waals surface area contributed by atoms with Gasteiger partial charge < -0.3 is 15.4 Å². The minimum atomic E-state index is 0. The van der Waals surface area contributed by atoms with Crippen LogP contribution in [-0.4, -0.2) is 32.1 Å². The van der Waals surface area contributed by atoms with Gasteiger partial charge in [-0.25, -0.2) is 0 Å². The number of hydrogen-bond acceptors (Lipinski definition) is 3. The molecule has 1 amide bonds. The number of ether oxygens (including phenoxy) is 1. The number of amides is 1. The number of rotatable bonds is 6. The molecule has 1 atom stereocenters. The maximum Gasteiger partial charge on any atom is 0.224 e. The van der Waals surface area contributed by atoms with Crippen molar-refractivity contribution in [1.82, 2.24) is 10.6 Å². The summed E-state index contributed by atoms with van der Waals surface area (Å²) in [5.74, 6) is 1.64. The van der Waals surface area contributed by atoms with E-state index in [4.69, 9.17) is 4.74 Å². The van der Waals surface area contributed by atoms with Gasteiger partial charge in [0.1, 0.15) is 12.4 Å². The maximum atomic E-state index is 11.9. The van der Waals surface area contributed by atoms with E-state index in [1.54, 1.807) is 0 Å². The second-order valence-corrected chi connectivity index (χ2v) is 5.91. The first-order valence-corrected chi connectivity index (χ1v) is 7.88. The normalized spacial score (nSPS) is 17.7. The predicted octanol–water partition coefficient (Wildman–Crippen LogP) is 2.73. The smallest absolute Gasteiger partial charge is 0.224 e. The SMILES string of the molecule is CC(C)c1ccc(OCCNC(=O)C2CCCNC2)cc1.Cl. The zero-order valence-electron chi connectivity index (χ0n) is 13.4. The van der Waals surface area contributed by atoms with E-state index in [0.29, 0.717) is 19.1 Å². The van der Waals surface area contributed by atoms with E-state index in [1.165, 1.54) is 5.56 Å². The van der Waals surface area contributed by atoms with Gasteiger partial charge in [-0.3, -0.25) is 4.79 Å². The van der Waals surface area contributed by atoms with Gasteiger partial charge in [0.05, 0.1) is 12.5 Å². The van der Waals surface area contributed by atoms with Crippen molar-refractivity contribution in [3.63, 3.8) is 0 Å². The molecule has 1 aliphatic heterocycles. The van der Waals surface area contributed by atoms with Gasteiger partial charge in [-0.05, 0) is 43.0 Å². The molecule has 1 fully saturated rings. The highest BCUT2D eigenvalue weighted by Crippen LogP contribution is 2.18. The molecule has 0 spiro atoms. The van der Waals surface area contributed by atoms with E-state index in [1.807, 2.05) is 12.1 Å². The molecule has 1 aromatic carbocycles. The number of benzene rings is 1. The number of piperidine rings is 1. The van der Waals surface area contributed by atoms with Crippen molar-refractivity contribution in [1.29, 1.82) is 0 Å². The first-order valence-electron chi connectivity index (χ1n) is 7.88. The van der Waals surface area contributed by atoms with E-state index < -0.39 is 0 Å². The second-order valence-electron chi connectivity index (χ2n) is 5.91. The molecule has 1 unspecified atom stereocenters. The molecule has 1 saturated heterocycles. The molecule has 0 saturated carbocycles. The summed E-state index contributed by atoms with van der Waals surface area (Å²) in [6.45, 7) is 7.23. The summed E-state index contributed by atoms with van der Waals surface area (Å²) >= 11 is 0. The van der Waals surface area contributed by atoms with E-state index in [0.717, 1.165) is 31.7 Å². The van der Waals surface area contributed by atoms with Crippen LogP contribution in [0, 0.1) is 5.92 Å². The third kappa shape index (κ3) is 5.85. The summed E-state index contributed by atoms with van der Waals surface area (Å²) in [7, 11) is 0. The summed E-state index contributed by atoms with van der Waals surface area (Å²) in [6, 6.07) is 8.16. The van der Waals surface area contributed by atoms with Crippen molar-refractivity contribution in [3.8, 4) is 5.75 Å². The molecule has 5 heteroatoms. The Morgan fingerprint density at radius 1 is 1.36 bits per heavy atom. The Labute approximate surface area is 139 Å². The fraction of sp³-hybridized carbons (Fsp3) is 0.588. The van der Waals surface area contributed by atoms with Crippen molar-refractivity contribution >= 4 is 18.3 Å². The first-order chi connectivity index (χ1) is 10.2. The fourth-order valence-corrected chi connectivity index (χ4v) is 2.51. The minimum Gasteiger partial charge on any atom is -0.492 e. The molecule has 0 bridgehead atoms. The zero-order valence-corrected chi connectivity index (χ0v) is 14.2. The molecule has 1 heterocycles. The predicted molar refractivity (Wildman–Crippen MR) is 91.9 cm³/mol. The lowest BCUT2D eigenvalue weighted by atomic mass is 9.99. The second kappa shape index (κ2) is 9.70. The minimum absolute atomic E-state index is 0. The van der Waals surface area contributed by atoms with E-state index in [9.17, 15) is 4.79 Å². The van der Waals surface area contributed by atoms with Crippen LogP contribution in [0.2, 0.25) is 0 Å². The van der Waals surface area contributed by atoms with E-state index in [2.05, 4.69) is 36.6 Å². The van der Waals surface area contributed by atoms with Crippen LogP contribution in [0.5, 0.6) is 5.75 Å². The summed E-state index contributed by atoms with van der Waals surface area (Å²) in [5, 5.41) is 6.20. The Hall–Kier alpha value is -1.26. The number of halogens is 1. The van der Waals surface area contributed by atoms with Crippen LogP contribution >= 0.6 is 12.4 Å². The molecule has 1 aliphatic rings. The third-order valence-corrected chi connectivity index (χ3v) is 3.88. The van der Waals surface area contributed by atoms with Crippen molar-refractivity contribution < 1.29 is 9.53 Å². The number of hydrogen-bond donors (Lipinski definition) is 2. The standard InChI is InChI=1S/C17H26N2O2.ClH/c1-13(2)14-5-7-16(8-6-14)21-11-10-19-17(20)15-4-3-9-18-12-15;/h5-8,13,15,18H,3-4,9-12H2,1-2H3,(H,19,20);1H. The molecule has 124 valence electrons. The summed E-state index contributed by atoms with van der Waals surface area (Å²) in [5.41, 5.74) is 1.31. The fourth-order valence-electron chi connectivity index (χ4n) is 2.51. The van der Waals surface area contributed by atoms with Crippen LogP contribution in [0.1, 0.15) is 38.2 Å². The quantitative estimate of drug-likeness (QED) is 0.790. The molecule has 0 radical (unpaired) electrons. The van der Waals surface area contributed by atoms with E-state index in [-0.39, 0.29) is 24.2 Å². The van der Waals surface area contributed by atoms with Gasteiger partial charge in [0.25, 0.3) is 0 Å². The summed E-state index contributed by atoms with van der Waals surface area (Å²) < 4.78 is 5.65. The Bertz CT molecular complexity index is 442. The van der Waals surface area contributed by atoms with Gasteiger partial charge in [-0.2, -0.15) is 0 Å². The molecular formula is C17H27ClN2O2. The lowest BCUT2D eigenvalue weighted by Crippen LogP contribution is -2.41. The van der Waals surface area contributed by atoms with Gasteiger partial charge in [-0.1, -0.05) is 26.0 Å². The Morgan fingerprint density at radius 2 is 2.09 bits per heavy atom. The topological polar surface area (TPSA) is 50.4 Å². The highest BCUT2D eigenvalue weighted by molar-refractivity contribution is 5.85. The third-order valence-electron chi connectivity index (χ3n) is 3.88. The maximum absolute atomic E-state index is 11.9. The summed E-state index contributed by atoms with van der Waals surface area (Å²) in [6.07, 6.45) is 2.06. The van der Waals surface area contributed by atoms with Crippen LogP contribution in [-0.2, 0) is 4.79 Å². The van der Waals surface area contributed by atoms with Crippen LogP contribution in [0.15, 0.2) is 24.3 Å². The van der Waals surface area contributed by atoms with Gasteiger partial charge in [0.15, 0.2) is 0 Å². The molecule has 22 heavy (non-hydrogen) atoms. The van der Waals surface area contributed by atoms with Crippen LogP contribution in [0.4, 0.5) is 0 Å². The van der Waals surface area contributed by atoms with Crippen molar-refractivity contribution in [2.45, 2.75) is 32.6 Å². The van der Waals surface area contributed by atoms with Crippen molar-refractivity contribution in [2.24, 2.45) is 5.92 Å². The van der Waals surface area contributed by atoms with Crippen molar-refractivity contribution in [3.05, 3.63) is 29.8 Å². The lowest BCUT2D eigenvalue weighted by Gasteiger charge is -2.21. The van der Waals surface area contributed by atoms with Gasteiger partial charge in [-0.15, -0.1) is 12.4 Å². The van der Waals surface area contributed by atoms with E-state index >= 15 is 0 Å². The highest BCUT2D eigenvalue weighted by Gasteiger charge is 2.20. The average Bonchev–Trinajstić information content (AvgIpc) is 2.52. The number of nitrogens with one attached hydrogen (secondary N) is 2. The molecular weight excluding hydrogens is 300 g/mol. The monoisotopic (exact) mass is 326 g/mol.